The number of fused-ring (bicyclic) bond motifs is 1. The number of methoxy groups -OCH3 is 1. The van der Waals surface area contributed by atoms with Gasteiger partial charge in [-0.3, -0.25) is 0 Å². The SMILES string of the molecule is COc1ccc2c(c1)C(NCC1CCN(C)C1)CC2. The fourth-order valence-corrected chi connectivity index (χ4v) is 3.42. The van der Waals surface area contributed by atoms with E-state index in [-0.39, 0.29) is 0 Å². The van der Waals surface area contributed by atoms with Gasteiger partial charge in [0.15, 0.2) is 0 Å². The smallest absolute Gasteiger partial charge is 0.119 e. The van der Waals surface area contributed by atoms with Crippen molar-refractivity contribution >= 4 is 0 Å². The fourth-order valence-electron chi connectivity index (χ4n) is 3.42. The zero-order valence-corrected chi connectivity index (χ0v) is 12.0. The molecule has 0 saturated carbocycles. The Hall–Kier alpha value is -1.06. The third kappa shape index (κ3) is 2.77. The normalized spacial score (nSPS) is 26.6. The van der Waals surface area contributed by atoms with Crippen LogP contribution >= 0.6 is 0 Å². The summed E-state index contributed by atoms with van der Waals surface area (Å²) in [7, 11) is 3.96. The van der Waals surface area contributed by atoms with E-state index in [1.165, 1.54) is 43.5 Å². The van der Waals surface area contributed by atoms with Crippen molar-refractivity contribution in [1.82, 2.24) is 10.2 Å². The third-order valence-electron chi connectivity index (χ3n) is 4.57. The Labute approximate surface area is 115 Å². The van der Waals surface area contributed by atoms with Gasteiger partial charge in [-0.25, -0.2) is 0 Å². The zero-order valence-electron chi connectivity index (χ0n) is 12.0. The second-order valence-corrected chi connectivity index (χ2v) is 5.98. The molecule has 104 valence electrons. The molecule has 1 N–H and O–H groups in total. The summed E-state index contributed by atoms with van der Waals surface area (Å²) < 4.78 is 5.35. The topological polar surface area (TPSA) is 24.5 Å². The number of hydrogen-bond donors (Lipinski definition) is 1. The first-order valence-electron chi connectivity index (χ1n) is 7.35. The van der Waals surface area contributed by atoms with Crippen molar-refractivity contribution in [2.75, 3.05) is 33.8 Å². The number of nitrogens with zero attached hydrogens (tertiary/aromatic N) is 1. The maximum absolute atomic E-state index is 5.35. The van der Waals surface area contributed by atoms with E-state index in [2.05, 4.69) is 35.5 Å². The molecular weight excluding hydrogens is 236 g/mol. The van der Waals surface area contributed by atoms with Gasteiger partial charge in [0.25, 0.3) is 0 Å². The van der Waals surface area contributed by atoms with E-state index < -0.39 is 0 Å². The van der Waals surface area contributed by atoms with Crippen LogP contribution in [0.4, 0.5) is 0 Å². The van der Waals surface area contributed by atoms with Crippen LogP contribution in [0.3, 0.4) is 0 Å². The Bertz CT molecular complexity index is 446. The lowest BCUT2D eigenvalue weighted by atomic mass is 10.1. The molecule has 1 aliphatic heterocycles. The van der Waals surface area contributed by atoms with Gasteiger partial charge in [0.1, 0.15) is 5.75 Å². The summed E-state index contributed by atoms with van der Waals surface area (Å²) in [6.07, 6.45) is 3.76. The van der Waals surface area contributed by atoms with Crippen molar-refractivity contribution in [3.05, 3.63) is 29.3 Å². The van der Waals surface area contributed by atoms with Crippen molar-refractivity contribution in [2.45, 2.75) is 25.3 Å². The van der Waals surface area contributed by atoms with Gasteiger partial charge in [0.05, 0.1) is 7.11 Å². The van der Waals surface area contributed by atoms with Crippen LogP contribution in [-0.2, 0) is 6.42 Å². The number of nitrogens with one attached hydrogen (secondary N) is 1. The van der Waals surface area contributed by atoms with Gasteiger partial charge in [-0.05, 0) is 68.6 Å². The maximum atomic E-state index is 5.35. The van der Waals surface area contributed by atoms with Crippen molar-refractivity contribution in [1.29, 1.82) is 0 Å². The Morgan fingerprint density at radius 2 is 2.26 bits per heavy atom. The molecule has 1 fully saturated rings. The van der Waals surface area contributed by atoms with Crippen LogP contribution in [0, 0.1) is 5.92 Å². The molecule has 0 spiro atoms. The van der Waals surface area contributed by atoms with E-state index in [1.54, 1.807) is 7.11 Å². The van der Waals surface area contributed by atoms with Crippen molar-refractivity contribution in [2.24, 2.45) is 5.92 Å². The highest BCUT2D eigenvalue weighted by atomic mass is 16.5. The predicted octanol–water partition coefficient (Wildman–Crippen LogP) is 2.22. The van der Waals surface area contributed by atoms with Gasteiger partial charge in [0.2, 0.25) is 0 Å². The fraction of sp³-hybridized carbons (Fsp3) is 0.625. The summed E-state index contributed by atoms with van der Waals surface area (Å²) in [5.74, 6) is 1.80. The van der Waals surface area contributed by atoms with Crippen molar-refractivity contribution in [3.63, 3.8) is 0 Å². The Morgan fingerprint density at radius 3 is 3.00 bits per heavy atom. The molecule has 1 aromatic carbocycles. The lowest BCUT2D eigenvalue weighted by Crippen LogP contribution is -2.27. The van der Waals surface area contributed by atoms with E-state index in [0.29, 0.717) is 6.04 Å². The monoisotopic (exact) mass is 260 g/mol. The first-order chi connectivity index (χ1) is 9.26. The predicted molar refractivity (Wildman–Crippen MR) is 77.7 cm³/mol. The van der Waals surface area contributed by atoms with Crippen LogP contribution in [0.15, 0.2) is 18.2 Å². The van der Waals surface area contributed by atoms with E-state index >= 15 is 0 Å². The maximum Gasteiger partial charge on any atom is 0.119 e. The highest BCUT2D eigenvalue weighted by Crippen LogP contribution is 2.34. The average Bonchev–Trinajstić information content (AvgIpc) is 3.02. The summed E-state index contributed by atoms with van der Waals surface area (Å²) in [5.41, 5.74) is 2.94. The van der Waals surface area contributed by atoms with Crippen LogP contribution < -0.4 is 10.1 Å². The second kappa shape index (κ2) is 5.51. The summed E-state index contributed by atoms with van der Waals surface area (Å²) in [6.45, 7) is 3.64. The summed E-state index contributed by atoms with van der Waals surface area (Å²) >= 11 is 0. The van der Waals surface area contributed by atoms with Gasteiger partial charge in [-0.2, -0.15) is 0 Å². The number of benzene rings is 1. The van der Waals surface area contributed by atoms with Gasteiger partial charge in [-0.1, -0.05) is 6.07 Å². The van der Waals surface area contributed by atoms with Crippen LogP contribution in [0.1, 0.15) is 30.0 Å². The minimum Gasteiger partial charge on any atom is -0.497 e. The van der Waals surface area contributed by atoms with E-state index in [1.807, 2.05) is 0 Å². The Balaban J connectivity index is 1.62. The first kappa shape index (κ1) is 12.9. The van der Waals surface area contributed by atoms with E-state index in [9.17, 15) is 0 Å². The van der Waals surface area contributed by atoms with Crippen LogP contribution in [0.5, 0.6) is 5.75 Å². The minimum absolute atomic E-state index is 0.524. The number of rotatable bonds is 4. The molecule has 2 atom stereocenters. The van der Waals surface area contributed by atoms with Crippen molar-refractivity contribution < 1.29 is 4.74 Å². The molecule has 1 aromatic rings. The van der Waals surface area contributed by atoms with Crippen LogP contribution in [-0.4, -0.2) is 38.7 Å². The number of hydrogen-bond acceptors (Lipinski definition) is 3. The van der Waals surface area contributed by atoms with Crippen molar-refractivity contribution in [3.8, 4) is 5.75 Å². The third-order valence-corrected chi connectivity index (χ3v) is 4.57. The lowest BCUT2D eigenvalue weighted by molar-refractivity contribution is 0.378. The summed E-state index contributed by atoms with van der Waals surface area (Å²) in [6, 6.07) is 7.03. The van der Waals surface area contributed by atoms with Gasteiger partial charge < -0.3 is 15.0 Å². The quantitative estimate of drug-likeness (QED) is 0.898. The van der Waals surface area contributed by atoms with E-state index in [4.69, 9.17) is 4.74 Å². The zero-order chi connectivity index (χ0) is 13.2. The molecule has 1 heterocycles. The molecule has 2 aliphatic rings. The van der Waals surface area contributed by atoms with Gasteiger partial charge in [-0.15, -0.1) is 0 Å². The molecule has 0 radical (unpaired) electrons. The molecule has 1 saturated heterocycles. The minimum atomic E-state index is 0.524. The highest BCUT2D eigenvalue weighted by Gasteiger charge is 2.25. The number of ether oxygens (including phenoxy) is 1. The number of aryl methyl sites for hydroxylation is 1. The largest absolute Gasteiger partial charge is 0.497 e. The molecule has 0 aromatic heterocycles. The molecule has 3 nitrogen and oxygen atoms in total. The molecular formula is C16H24N2O. The molecule has 0 bridgehead atoms. The molecule has 3 rings (SSSR count). The van der Waals surface area contributed by atoms with Gasteiger partial charge >= 0.3 is 0 Å². The average molecular weight is 260 g/mol. The first-order valence-corrected chi connectivity index (χ1v) is 7.35. The van der Waals surface area contributed by atoms with Gasteiger partial charge in [0, 0.05) is 12.6 Å². The number of likely N-dealkylation sites (tertiary alicyclic amines) is 1. The molecule has 0 amide bonds. The standard InChI is InChI=1S/C16H24N2O/c1-18-8-7-12(11-18)10-17-16-6-4-13-3-5-14(19-2)9-15(13)16/h3,5,9,12,16-17H,4,6-8,10-11H2,1-2H3. The van der Waals surface area contributed by atoms with Crippen LogP contribution in [0.25, 0.3) is 0 Å². The summed E-state index contributed by atoms with van der Waals surface area (Å²) in [4.78, 5) is 2.43. The Morgan fingerprint density at radius 1 is 1.37 bits per heavy atom. The molecule has 3 heteroatoms. The molecule has 19 heavy (non-hydrogen) atoms. The molecule has 1 aliphatic carbocycles. The highest BCUT2D eigenvalue weighted by molar-refractivity contribution is 5.40. The van der Waals surface area contributed by atoms with Crippen LogP contribution in [0.2, 0.25) is 0 Å². The molecule has 2 unspecified atom stereocenters. The Kier molecular flexibility index (Phi) is 3.76. The lowest BCUT2D eigenvalue weighted by Gasteiger charge is -2.18. The second-order valence-electron chi connectivity index (χ2n) is 5.98. The summed E-state index contributed by atoms with van der Waals surface area (Å²) in [5, 5.41) is 3.77. The van der Waals surface area contributed by atoms with E-state index in [0.717, 1.165) is 18.2 Å².